The van der Waals surface area contributed by atoms with Gasteiger partial charge in [0.25, 0.3) is 0 Å². The zero-order chi connectivity index (χ0) is 11.1. The van der Waals surface area contributed by atoms with Crippen molar-refractivity contribution in [2.75, 3.05) is 20.3 Å². The quantitative estimate of drug-likeness (QED) is 0.698. The van der Waals surface area contributed by atoms with Gasteiger partial charge in [-0.25, -0.2) is 0 Å². The van der Waals surface area contributed by atoms with Gasteiger partial charge in [-0.05, 0) is 25.5 Å². The van der Waals surface area contributed by atoms with Crippen molar-refractivity contribution in [1.82, 2.24) is 9.88 Å². The Hall–Kier alpha value is -0.800. The number of hydrogen-bond donors (Lipinski definition) is 1. The minimum atomic E-state index is 0.583. The van der Waals surface area contributed by atoms with Gasteiger partial charge in [0, 0.05) is 38.1 Å². The van der Waals surface area contributed by atoms with E-state index < -0.39 is 0 Å². The number of nitrogens with one attached hydrogen (secondary N) is 1. The lowest BCUT2D eigenvalue weighted by molar-refractivity contribution is 0.199. The minimum absolute atomic E-state index is 0.583. The molecule has 1 rings (SSSR count). The summed E-state index contributed by atoms with van der Waals surface area (Å²) in [5.74, 6) is 0. The molecule has 0 saturated carbocycles. The molecule has 0 amide bonds. The summed E-state index contributed by atoms with van der Waals surface area (Å²) in [7, 11) is 1.73. The number of methoxy groups -OCH3 is 1. The zero-order valence-corrected chi connectivity index (χ0v) is 9.99. The van der Waals surface area contributed by atoms with Crippen molar-refractivity contribution in [3.05, 3.63) is 24.0 Å². The van der Waals surface area contributed by atoms with Crippen molar-refractivity contribution in [3.63, 3.8) is 0 Å². The maximum atomic E-state index is 4.99. The summed E-state index contributed by atoms with van der Waals surface area (Å²) in [6, 6.07) is 4.87. The van der Waals surface area contributed by atoms with Gasteiger partial charge in [-0.3, -0.25) is 0 Å². The van der Waals surface area contributed by atoms with E-state index in [0.29, 0.717) is 6.04 Å². The van der Waals surface area contributed by atoms with E-state index in [1.54, 1.807) is 7.11 Å². The lowest BCUT2D eigenvalue weighted by Gasteiger charge is -2.16. The van der Waals surface area contributed by atoms with E-state index in [0.717, 1.165) is 19.7 Å². The first-order valence-electron chi connectivity index (χ1n) is 5.65. The number of rotatable bonds is 7. The van der Waals surface area contributed by atoms with E-state index in [1.165, 1.54) is 12.1 Å². The third kappa shape index (κ3) is 3.68. The largest absolute Gasteiger partial charge is 0.383 e. The maximum Gasteiger partial charge on any atom is 0.0587 e. The summed E-state index contributed by atoms with van der Waals surface area (Å²) in [6.45, 7) is 7.05. The number of ether oxygens (including phenoxy) is 1. The average molecular weight is 210 g/mol. The molecule has 0 radical (unpaired) electrons. The number of hydrogen-bond acceptors (Lipinski definition) is 2. The Bertz CT molecular complexity index is 270. The van der Waals surface area contributed by atoms with Crippen molar-refractivity contribution < 1.29 is 4.74 Å². The first-order valence-corrected chi connectivity index (χ1v) is 5.65. The lowest BCUT2D eigenvalue weighted by Crippen LogP contribution is -2.21. The molecule has 3 heteroatoms. The van der Waals surface area contributed by atoms with Crippen LogP contribution in [0.15, 0.2) is 18.3 Å². The third-order valence-electron chi connectivity index (χ3n) is 2.72. The fourth-order valence-corrected chi connectivity index (χ4v) is 1.60. The maximum absolute atomic E-state index is 4.99. The van der Waals surface area contributed by atoms with Crippen molar-refractivity contribution in [2.24, 2.45) is 0 Å². The van der Waals surface area contributed by atoms with Gasteiger partial charge in [-0.15, -0.1) is 0 Å². The molecule has 0 bridgehead atoms. The second-order valence-electron chi connectivity index (χ2n) is 3.83. The molecule has 0 aliphatic heterocycles. The summed E-state index contributed by atoms with van der Waals surface area (Å²) >= 11 is 0. The Balaban J connectivity index is 2.43. The highest BCUT2D eigenvalue weighted by Gasteiger charge is 2.05. The normalized spacial score (nSPS) is 13.0. The van der Waals surface area contributed by atoms with Gasteiger partial charge in [0.05, 0.1) is 6.61 Å². The number of aromatic nitrogens is 1. The van der Waals surface area contributed by atoms with Crippen LogP contribution in [-0.2, 0) is 11.3 Å². The van der Waals surface area contributed by atoms with E-state index in [9.17, 15) is 0 Å². The Morgan fingerprint density at radius 3 is 3.00 bits per heavy atom. The summed E-state index contributed by atoms with van der Waals surface area (Å²) < 4.78 is 7.32. The fourth-order valence-electron chi connectivity index (χ4n) is 1.60. The van der Waals surface area contributed by atoms with Crippen LogP contribution >= 0.6 is 0 Å². The van der Waals surface area contributed by atoms with E-state index in [-0.39, 0.29) is 0 Å². The zero-order valence-electron chi connectivity index (χ0n) is 9.99. The van der Waals surface area contributed by atoms with Crippen LogP contribution in [-0.4, -0.2) is 24.8 Å². The molecule has 0 saturated heterocycles. The molecule has 15 heavy (non-hydrogen) atoms. The van der Waals surface area contributed by atoms with Crippen LogP contribution in [0.3, 0.4) is 0 Å². The summed E-state index contributed by atoms with van der Waals surface area (Å²) in [5, 5.41) is 3.36. The van der Waals surface area contributed by atoms with Crippen molar-refractivity contribution in [3.8, 4) is 0 Å². The van der Waals surface area contributed by atoms with Crippen LogP contribution in [0.2, 0.25) is 0 Å². The summed E-state index contributed by atoms with van der Waals surface area (Å²) in [4.78, 5) is 0. The predicted octanol–water partition coefficient (Wildman–Crippen LogP) is 2.20. The van der Waals surface area contributed by atoms with E-state index >= 15 is 0 Å². The first-order chi connectivity index (χ1) is 7.29. The molecule has 0 aromatic carbocycles. The van der Waals surface area contributed by atoms with Crippen LogP contribution in [0.1, 0.15) is 32.0 Å². The third-order valence-corrected chi connectivity index (χ3v) is 2.72. The molecule has 3 nitrogen and oxygen atoms in total. The molecular formula is C12H22N2O. The number of nitrogens with zero attached hydrogens (tertiary/aromatic N) is 1. The first kappa shape index (κ1) is 12.3. The average Bonchev–Trinajstić information content (AvgIpc) is 2.71. The Morgan fingerprint density at radius 2 is 2.33 bits per heavy atom. The second kappa shape index (κ2) is 6.64. The summed E-state index contributed by atoms with van der Waals surface area (Å²) in [5.41, 5.74) is 1.35. The molecule has 1 atom stereocenters. The topological polar surface area (TPSA) is 26.2 Å². The van der Waals surface area contributed by atoms with Crippen molar-refractivity contribution in [1.29, 1.82) is 0 Å². The van der Waals surface area contributed by atoms with Crippen LogP contribution in [0.5, 0.6) is 0 Å². The minimum Gasteiger partial charge on any atom is -0.383 e. The Kier molecular flexibility index (Phi) is 5.43. The molecule has 1 heterocycles. The van der Waals surface area contributed by atoms with Gasteiger partial charge >= 0.3 is 0 Å². The van der Waals surface area contributed by atoms with Gasteiger partial charge in [-0.2, -0.15) is 0 Å². The van der Waals surface area contributed by atoms with Gasteiger partial charge in [-0.1, -0.05) is 6.92 Å². The van der Waals surface area contributed by atoms with Crippen LogP contribution in [0.4, 0.5) is 0 Å². The standard InChI is InChI=1S/C12H22N2O/c1-4-11(2)14-8-5-6-12(14)10-13-7-9-15-3/h5-6,8,11,13H,4,7,9-10H2,1-3H3. The van der Waals surface area contributed by atoms with Crippen molar-refractivity contribution in [2.45, 2.75) is 32.9 Å². The van der Waals surface area contributed by atoms with Crippen LogP contribution in [0, 0.1) is 0 Å². The van der Waals surface area contributed by atoms with E-state index in [2.05, 4.69) is 42.1 Å². The molecule has 0 aliphatic carbocycles. The molecule has 0 fully saturated rings. The smallest absolute Gasteiger partial charge is 0.0587 e. The van der Waals surface area contributed by atoms with Gasteiger partial charge < -0.3 is 14.6 Å². The highest BCUT2D eigenvalue weighted by atomic mass is 16.5. The van der Waals surface area contributed by atoms with E-state index in [4.69, 9.17) is 4.74 Å². The molecule has 0 aliphatic rings. The van der Waals surface area contributed by atoms with Gasteiger partial charge in [0.2, 0.25) is 0 Å². The highest BCUT2D eigenvalue weighted by molar-refractivity contribution is 5.08. The fraction of sp³-hybridized carbons (Fsp3) is 0.667. The Morgan fingerprint density at radius 1 is 1.53 bits per heavy atom. The molecule has 86 valence electrons. The lowest BCUT2D eigenvalue weighted by atomic mass is 10.2. The van der Waals surface area contributed by atoms with Gasteiger partial charge in [0.15, 0.2) is 0 Å². The van der Waals surface area contributed by atoms with E-state index in [1.807, 2.05) is 0 Å². The predicted molar refractivity (Wildman–Crippen MR) is 63.0 cm³/mol. The second-order valence-corrected chi connectivity index (χ2v) is 3.83. The molecule has 1 aromatic rings. The molecule has 1 unspecified atom stereocenters. The SMILES string of the molecule is CCC(C)n1cccc1CNCCOC. The van der Waals surface area contributed by atoms with Crippen LogP contribution in [0.25, 0.3) is 0 Å². The molecule has 1 N–H and O–H groups in total. The Labute approximate surface area is 92.4 Å². The summed E-state index contributed by atoms with van der Waals surface area (Å²) in [6.07, 6.45) is 3.32. The molecule has 1 aromatic heterocycles. The van der Waals surface area contributed by atoms with Gasteiger partial charge in [0.1, 0.15) is 0 Å². The molecule has 0 spiro atoms. The monoisotopic (exact) mass is 210 g/mol. The van der Waals surface area contributed by atoms with Crippen molar-refractivity contribution >= 4 is 0 Å². The highest BCUT2D eigenvalue weighted by Crippen LogP contribution is 2.14. The van der Waals surface area contributed by atoms with Crippen LogP contribution < -0.4 is 5.32 Å². The molecular weight excluding hydrogens is 188 g/mol.